The van der Waals surface area contributed by atoms with Crippen molar-refractivity contribution in [2.75, 3.05) is 5.73 Å². The third kappa shape index (κ3) is 2.42. The lowest BCUT2D eigenvalue weighted by Crippen LogP contribution is -1.99. The number of aromatic nitrogens is 3. The van der Waals surface area contributed by atoms with Crippen molar-refractivity contribution in [1.82, 2.24) is 15.0 Å². The Labute approximate surface area is 121 Å². The van der Waals surface area contributed by atoms with Gasteiger partial charge in [0.1, 0.15) is 17.5 Å². The molecule has 0 unspecified atom stereocenters. The average molecular weight is 273 g/mol. The average Bonchev–Trinajstić information content (AvgIpc) is 2.55. The Morgan fingerprint density at radius 3 is 2.48 bits per heavy atom. The van der Waals surface area contributed by atoms with Crippen LogP contribution in [0.2, 0.25) is 0 Å². The number of nitrogens with zero attached hydrogens (tertiary/aromatic N) is 4. The summed E-state index contributed by atoms with van der Waals surface area (Å²) in [5.41, 5.74) is 9.45. The number of nitrogens with two attached hydrogens (primary N) is 1. The summed E-state index contributed by atoms with van der Waals surface area (Å²) in [6.07, 6.45) is 6.76. The summed E-state index contributed by atoms with van der Waals surface area (Å²) in [6, 6.07) is 11.4. The second-order valence-electron chi connectivity index (χ2n) is 4.40. The van der Waals surface area contributed by atoms with Crippen LogP contribution in [0.15, 0.2) is 55.1 Å². The van der Waals surface area contributed by atoms with Gasteiger partial charge in [-0.3, -0.25) is 9.97 Å². The quantitative estimate of drug-likeness (QED) is 0.775. The van der Waals surface area contributed by atoms with Crippen LogP contribution in [0.1, 0.15) is 5.56 Å². The second-order valence-corrected chi connectivity index (χ2v) is 4.40. The van der Waals surface area contributed by atoms with Crippen LogP contribution in [0.4, 0.5) is 5.82 Å². The number of hydrogen-bond acceptors (Lipinski definition) is 5. The van der Waals surface area contributed by atoms with E-state index >= 15 is 0 Å². The molecule has 0 bridgehead atoms. The standard InChI is InChI=1S/C16H11N5/c17-9-14-13(12-2-1-5-20-10-12)8-15(21-16(14)18)11-3-6-19-7-4-11/h1-8,10H,(H2,18,21). The minimum absolute atomic E-state index is 0.214. The maximum Gasteiger partial charge on any atom is 0.142 e. The summed E-state index contributed by atoms with van der Waals surface area (Å²) in [4.78, 5) is 12.4. The summed E-state index contributed by atoms with van der Waals surface area (Å²) < 4.78 is 0. The maximum absolute atomic E-state index is 9.32. The molecule has 21 heavy (non-hydrogen) atoms. The van der Waals surface area contributed by atoms with Crippen LogP contribution < -0.4 is 5.73 Å². The first-order chi connectivity index (χ1) is 10.3. The van der Waals surface area contributed by atoms with E-state index < -0.39 is 0 Å². The SMILES string of the molecule is N#Cc1c(-c2cccnc2)cc(-c2ccncc2)nc1N. The van der Waals surface area contributed by atoms with Gasteiger partial charge < -0.3 is 5.73 Å². The first-order valence-corrected chi connectivity index (χ1v) is 6.31. The lowest BCUT2D eigenvalue weighted by Gasteiger charge is -2.09. The fraction of sp³-hybridized carbons (Fsp3) is 0. The lowest BCUT2D eigenvalue weighted by atomic mass is 10.00. The Kier molecular flexibility index (Phi) is 3.27. The van der Waals surface area contributed by atoms with Crippen LogP contribution in [0.25, 0.3) is 22.4 Å². The highest BCUT2D eigenvalue weighted by Crippen LogP contribution is 2.30. The summed E-state index contributed by atoms with van der Waals surface area (Å²) in [7, 11) is 0. The molecule has 5 heteroatoms. The molecule has 2 N–H and O–H groups in total. The van der Waals surface area contributed by atoms with E-state index in [2.05, 4.69) is 21.0 Å². The van der Waals surface area contributed by atoms with Gasteiger partial charge in [-0.2, -0.15) is 5.26 Å². The van der Waals surface area contributed by atoms with Gasteiger partial charge in [0.2, 0.25) is 0 Å². The van der Waals surface area contributed by atoms with Gasteiger partial charge in [-0.05, 0) is 24.3 Å². The van der Waals surface area contributed by atoms with Crippen molar-refractivity contribution in [2.45, 2.75) is 0 Å². The first kappa shape index (κ1) is 12.8. The van der Waals surface area contributed by atoms with E-state index in [9.17, 15) is 5.26 Å². The van der Waals surface area contributed by atoms with E-state index in [4.69, 9.17) is 5.73 Å². The summed E-state index contributed by atoms with van der Waals surface area (Å²) >= 11 is 0. The van der Waals surface area contributed by atoms with Crippen LogP contribution in [0.3, 0.4) is 0 Å². The molecule has 0 amide bonds. The Morgan fingerprint density at radius 1 is 1.00 bits per heavy atom. The number of nitriles is 1. The van der Waals surface area contributed by atoms with E-state index in [0.717, 1.165) is 16.7 Å². The van der Waals surface area contributed by atoms with Crippen molar-refractivity contribution in [2.24, 2.45) is 0 Å². The molecule has 3 aromatic heterocycles. The van der Waals surface area contributed by atoms with Crippen molar-refractivity contribution in [3.05, 3.63) is 60.7 Å². The van der Waals surface area contributed by atoms with Crippen molar-refractivity contribution < 1.29 is 0 Å². The van der Waals surface area contributed by atoms with Crippen molar-refractivity contribution >= 4 is 5.82 Å². The first-order valence-electron chi connectivity index (χ1n) is 6.31. The highest BCUT2D eigenvalue weighted by Gasteiger charge is 2.13. The molecule has 0 saturated carbocycles. The van der Waals surface area contributed by atoms with E-state index in [-0.39, 0.29) is 5.82 Å². The van der Waals surface area contributed by atoms with Gasteiger partial charge in [0.05, 0.1) is 5.69 Å². The Hall–Kier alpha value is -3.26. The maximum atomic E-state index is 9.32. The fourth-order valence-electron chi connectivity index (χ4n) is 2.10. The van der Waals surface area contributed by atoms with E-state index in [1.54, 1.807) is 24.8 Å². The molecule has 0 aliphatic rings. The second kappa shape index (κ2) is 5.39. The predicted octanol–water partition coefficient (Wildman–Crippen LogP) is 2.66. The Bertz CT molecular complexity index is 807. The van der Waals surface area contributed by atoms with E-state index in [1.165, 1.54) is 0 Å². The summed E-state index contributed by atoms with van der Waals surface area (Å²) in [5, 5.41) is 9.32. The molecular weight excluding hydrogens is 262 g/mol. The molecule has 0 spiro atoms. The highest BCUT2D eigenvalue weighted by atomic mass is 14.8. The third-order valence-electron chi connectivity index (χ3n) is 3.11. The van der Waals surface area contributed by atoms with Crippen molar-refractivity contribution in [3.8, 4) is 28.5 Å². The molecule has 3 heterocycles. The Balaban J connectivity index is 2.24. The fourth-order valence-corrected chi connectivity index (χ4v) is 2.10. The van der Waals surface area contributed by atoms with Crippen LogP contribution in [-0.4, -0.2) is 15.0 Å². The summed E-state index contributed by atoms with van der Waals surface area (Å²) in [5.74, 6) is 0.214. The molecule has 0 radical (unpaired) electrons. The van der Waals surface area contributed by atoms with E-state index in [1.807, 2.05) is 30.3 Å². The predicted molar refractivity (Wildman–Crippen MR) is 79.8 cm³/mol. The molecule has 0 atom stereocenters. The molecule has 3 aromatic rings. The number of hydrogen-bond donors (Lipinski definition) is 1. The van der Waals surface area contributed by atoms with Crippen molar-refractivity contribution in [1.29, 1.82) is 5.26 Å². The molecule has 5 nitrogen and oxygen atoms in total. The van der Waals surface area contributed by atoms with Gasteiger partial charge in [0.15, 0.2) is 0 Å². The zero-order valence-electron chi connectivity index (χ0n) is 11.1. The lowest BCUT2D eigenvalue weighted by molar-refractivity contribution is 1.27. The molecule has 3 rings (SSSR count). The molecule has 0 aromatic carbocycles. The number of anilines is 1. The van der Waals surface area contributed by atoms with Crippen molar-refractivity contribution in [3.63, 3.8) is 0 Å². The van der Waals surface area contributed by atoms with Crippen LogP contribution in [0, 0.1) is 11.3 Å². The highest BCUT2D eigenvalue weighted by molar-refractivity contribution is 5.79. The van der Waals surface area contributed by atoms with Gasteiger partial charge >= 0.3 is 0 Å². The van der Waals surface area contributed by atoms with Gasteiger partial charge in [0.25, 0.3) is 0 Å². The summed E-state index contributed by atoms with van der Waals surface area (Å²) in [6.45, 7) is 0. The molecule has 100 valence electrons. The van der Waals surface area contributed by atoms with Crippen LogP contribution in [0.5, 0.6) is 0 Å². The largest absolute Gasteiger partial charge is 0.383 e. The molecule has 0 aliphatic heterocycles. The third-order valence-corrected chi connectivity index (χ3v) is 3.11. The van der Waals surface area contributed by atoms with Gasteiger partial charge in [-0.15, -0.1) is 0 Å². The van der Waals surface area contributed by atoms with Gasteiger partial charge in [-0.1, -0.05) is 6.07 Å². The zero-order valence-corrected chi connectivity index (χ0v) is 11.1. The topological polar surface area (TPSA) is 88.5 Å². The monoisotopic (exact) mass is 273 g/mol. The minimum Gasteiger partial charge on any atom is -0.383 e. The van der Waals surface area contributed by atoms with E-state index in [0.29, 0.717) is 11.3 Å². The van der Waals surface area contributed by atoms with Gasteiger partial charge in [0, 0.05) is 41.5 Å². The number of rotatable bonds is 2. The normalized spacial score (nSPS) is 10.0. The molecular formula is C16H11N5. The Morgan fingerprint density at radius 2 is 1.81 bits per heavy atom. The molecule has 0 aliphatic carbocycles. The van der Waals surface area contributed by atoms with Gasteiger partial charge in [-0.25, -0.2) is 4.98 Å². The zero-order chi connectivity index (χ0) is 14.7. The van der Waals surface area contributed by atoms with Crippen LogP contribution in [-0.2, 0) is 0 Å². The minimum atomic E-state index is 0.214. The molecule has 0 saturated heterocycles. The number of pyridine rings is 3. The molecule has 0 fully saturated rings. The smallest absolute Gasteiger partial charge is 0.142 e. The van der Waals surface area contributed by atoms with Crippen LogP contribution >= 0.6 is 0 Å². The number of nitrogen functional groups attached to an aromatic ring is 1.